The van der Waals surface area contributed by atoms with Crippen LogP contribution in [0.15, 0.2) is 24.3 Å². The summed E-state index contributed by atoms with van der Waals surface area (Å²) in [7, 11) is 1.51. The maximum Gasteiger partial charge on any atom is 0.248 e. The number of anilines is 1. The smallest absolute Gasteiger partial charge is 0.248 e. The molecular formula is C19H28ClN3O3. The standard InChI is InChI=1S/C19H28ClN3O3/c1-26-13-19(25)23-10-7-17(18(24)12-23)21-15-5-8-22(9-6-15)16-4-2-3-14(20)11-16/h2-4,11,15,17-18,21,24H,5-10,12-13H2,1H3/t17-,18-/m1/s1. The second-order valence-corrected chi connectivity index (χ2v) is 7.58. The highest BCUT2D eigenvalue weighted by atomic mass is 35.5. The normalized spacial score (nSPS) is 24.7. The van der Waals surface area contributed by atoms with Crippen LogP contribution in [0.4, 0.5) is 5.69 Å². The number of carbonyl (C=O) groups excluding carboxylic acids is 1. The molecule has 26 heavy (non-hydrogen) atoms. The summed E-state index contributed by atoms with van der Waals surface area (Å²) >= 11 is 6.09. The molecular weight excluding hydrogens is 354 g/mol. The molecule has 1 aromatic carbocycles. The van der Waals surface area contributed by atoms with Crippen LogP contribution in [0.5, 0.6) is 0 Å². The van der Waals surface area contributed by atoms with Gasteiger partial charge in [0.1, 0.15) is 6.61 Å². The van der Waals surface area contributed by atoms with Crippen molar-refractivity contribution in [1.29, 1.82) is 0 Å². The monoisotopic (exact) mass is 381 g/mol. The zero-order valence-corrected chi connectivity index (χ0v) is 16.0. The maximum atomic E-state index is 11.9. The molecule has 0 unspecified atom stereocenters. The third kappa shape index (κ3) is 4.88. The van der Waals surface area contributed by atoms with E-state index in [4.69, 9.17) is 16.3 Å². The second-order valence-electron chi connectivity index (χ2n) is 7.14. The summed E-state index contributed by atoms with van der Waals surface area (Å²) in [5, 5.41) is 14.8. The molecule has 3 rings (SSSR count). The molecule has 0 aromatic heterocycles. The first kappa shape index (κ1) is 19.4. The zero-order chi connectivity index (χ0) is 18.5. The quantitative estimate of drug-likeness (QED) is 0.809. The molecule has 2 aliphatic rings. The van der Waals surface area contributed by atoms with Crippen LogP contribution < -0.4 is 10.2 Å². The summed E-state index contributed by atoms with van der Waals surface area (Å²) in [5.41, 5.74) is 1.17. The van der Waals surface area contributed by atoms with Gasteiger partial charge in [0, 0.05) is 56.1 Å². The van der Waals surface area contributed by atoms with E-state index in [1.165, 1.54) is 12.8 Å². The van der Waals surface area contributed by atoms with Gasteiger partial charge in [-0.05, 0) is 37.5 Å². The third-order valence-corrected chi connectivity index (χ3v) is 5.56. The van der Waals surface area contributed by atoms with Crippen molar-refractivity contribution in [3.8, 4) is 0 Å². The van der Waals surface area contributed by atoms with Gasteiger partial charge in [0.05, 0.1) is 6.10 Å². The number of piperidine rings is 2. The summed E-state index contributed by atoms with van der Waals surface area (Å²) < 4.78 is 4.89. The molecule has 1 amide bonds. The van der Waals surface area contributed by atoms with Crippen LogP contribution in [-0.4, -0.2) is 74.0 Å². The molecule has 2 aliphatic heterocycles. The van der Waals surface area contributed by atoms with Gasteiger partial charge >= 0.3 is 0 Å². The number of aliphatic hydroxyl groups excluding tert-OH is 1. The van der Waals surface area contributed by atoms with E-state index in [9.17, 15) is 9.90 Å². The van der Waals surface area contributed by atoms with Gasteiger partial charge in [-0.1, -0.05) is 17.7 Å². The summed E-state index contributed by atoms with van der Waals surface area (Å²) in [6.07, 6.45) is 2.30. The molecule has 0 radical (unpaired) electrons. The molecule has 144 valence electrons. The molecule has 0 bridgehead atoms. The Bertz CT molecular complexity index is 607. The predicted octanol–water partition coefficient (Wildman–Crippen LogP) is 1.51. The fourth-order valence-corrected chi connectivity index (χ4v) is 4.03. The van der Waals surface area contributed by atoms with E-state index in [0.29, 0.717) is 19.1 Å². The van der Waals surface area contributed by atoms with Crippen molar-refractivity contribution < 1.29 is 14.6 Å². The molecule has 0 aliphatic carbocycles. The number of hydrogen-bond donors (Lipinski definition) is 2. The van der Waals surface area contributed by atoms with Gasteiger partial charge in [-0.15, -0.1) is 0 Å². The number of ether oxygens (including phenoxy) is 1. The number of nitrogens with one attached hydrogen (secondary N) is 1. The van der Waals surface area contributed by atoms with Crippen LogP contribution in [0.1, 0.15) is 19.3 Å². The Balaban J connectivity index is 1.45. The lowest BCUT2D eigenvalue weighted by molar-refractivity contribution is -0.138. The lowest BCUT2D eigenvalue weighted by Crippen LogP contribution is -2.57. The van der Waals surface area contributed by atoms with E-state index in [2.05, 4.69) is 16.3 Å². The minimum atomic E-state index is -0.532. The third-order valence-electron chi connectivity index (χ3n) is 5.32. The van der Waals surface area contributed by atoms with E-state index >= 15 is 0 Å². The van der Waals surface area contributed by atoms with Crippen molar-refractivity contribution >= 4 is 23.2 Å². The highest BCUT2D eigenvalue weighted by Crippen LogP contribution is 2.24. The fourth-order valence-electron chi connectivity index (χ4n) is 3.85. The molecule has 2 saturated heterocycles. The minimum Gasteiger partial charge on any atom is -0.390 e. The number of aliphatic hydroxyl groups is 1. The van der Waals surface area contributed by atoms with Crippen molar-refractivity contribution in [3.05, 3.63) is 29.3 Å². The SMILES string of the molecule is COCC(=O)N1CC[C@@H](NC2CCN(c3cccc(Cl)c3)CC2)[C@H](O)C1. The number of carbonyl (C=O) groups is 1. The molecule has 2 heterocycles. The molecule has 2 N–H and O–H groups in total. The summed E-state index contributed by atoms with van der Waals surface area (Å²) in [6, 6.07) is 8.42. The highest BCUT2D eigenvalue weighted by Gasteiger charge is 2.32. The van der Waals surface area contributed by atoms with E-state index < -0.39 is 6.10 Å². The van der Waals surface area contributed by atoms with E-state index in [1.807, 2.05) is 18.2 Å². The van der Waals surface area contributed by atoms with Crippen LogP contribution in [-0.2, 0) is 9.53 Å². The first-order valence-corrected chi connectivity index (χ1v) is 9.66. The average Bonchev–Trinajstić information content (AvgIpc) is 2.64. The second kappa shape index (κ2) is 9.04. The number of rotatable bonds is 5. The largest absolute Gasteiger partial charge is 0.390 e. The minimum absolute atomic E-state index is 0.0457. The summed E-state index contributed by atoms with van der Waals surface area (Å²) in [5.74, 6) is -0.0557. The van der Waals surface area contributed by atoms with E-state index in [0.717, 1.165) is 37.4 Å². The lowest BCUT2D eigenvalue weighted by Gasteiger charge is -2.40. The Morgan fingerprint density at radius 3 is 2.73 bits per heavy atom. The molecule has 0 spiro atoms. The Labute approximate surface area is 160 Å². The number of methoxy groups -OCH3 is 1. The van der Waals surface area contributed by atoms with Crippen molar-refractivity contribution in [2.45, 2.75) is 37.5 Å². The van der Waals surface area contributed by atoms with Crippen LogP contribution in [0.25, 0.3) is 0 Å². The zero-order valence-electron chi connectivity index (χ0n) is 15.2. The molecule has 1 aromatic rings. The number of halogens is 1. The van der Waals surface area contributed by atoms with Crippen LogP contribution in [0, 0.1) is 0 Å². The molecule has 2 atom stereocenters. The average molecular weight is 382 g/mol. The predicted molar refractivity (Wildman–Crippen MR) is 103 cm³/mol. The van der Waals surface area contributed by atoms with Crippen molar-refractivity contribution in [2.24, 2.45) is 0 Å². The first-order valence-electron chi connectivity index (χ1n) is 9.28. The van der Waals surface area contributed by atoms with Crippen LogP contribution in [0.3, 0.4) is 0 Å². The van der Waals surface area contributed by atoms with Crippen LogP contribution >= 0.6 is 11.6 Å². The summed E-state index contributed by atoms with van der Waals surface area (Å²) in [6.45, 7) is 3.06. The Hall–Kier alpha value is -1.34. The number of hydrogen-bond acceptors (Lipinski definition) is 5. The van der Waals surface area contributed by atoms with Crippen molar-refractivity contribution in [2.75, 3.05) is 44.8 Å². The van der Waals surface area contributed by atoms with Gasteiger partial charge < -0.3 is 25.0 Å². The van der Waals surface area contributed by atoms with E-state index in [1.54, 1.807) is 4.90 Å². The fraction of sp³-hybridized carbons (Fsp3) is 0.632. The van der Waals surface area contributed by atoms with Gasteiger partial charge in [-0.25, -0.2) is 0 Å². The number of amides is 1. The first-order chi connectivity index (χ1) is 12.6. The molecule has 6 nitrogen and oxygen atoms in total. The number of nitrogens with zero attached hydrogens (tertiary/aromatic N) is 2. The summed E-state index contributed by atoms with van der Waals surface area (Å²) in [4.78, 5) is 15.9. The Kier molecular flexibility index (Phi) is 6.75. The van der Waals surface area contributed by atoms with Gasteiger partial charge in [0.15, 0.2) is 0 Å². The Morgan fingerprint density at radius 2 is 2.08 bits per heavy atom. The number of β-amino-alcohol motifs (C(OH)–C–C–N with tert-alkyl or cyclic N) is 1. The molecule has 7 heteroatoms. The van der Waals surface area contributed by atoms with Gasteiger partial charge in [-0.2, -0.15) is 0 Å². The number of benzene rings is 1. The number of likely N-dealkylation sites (tertiary alicyclic amines) is 1. The van der Waals surface area contributed by atoms with Crippen LogP contribution in [0.2, 0.25) is 5.02 Å². The van der Waals surface area contributed by atoms with Crippen molar-refractivity contribution in [3.63, 3.8) is 0 Å². The maximum absolute atomic E-state index is 11.9. The lowest BCUT2D eigenvalue weighted by atomic mass is 9.97. The highest BCUT2D eigenvalue weighted by molar-refractivity contribution is 6.30. The topological polar surface area (TPSA) is 65.0 Å². The molecule has 2 fully saturated rings. The van der Waals surface area contributed by atoms with Gasteiger partial charge in [0.25, 0.3) is 0 Å². The van der Waals surface area contributed by atoms with Gasteiger partial charge in [-0.3, -0.25) is 4.79 Å². The van der Waals surface area contributed by atoms with E-state index in [-0.39, 0.29) is 18.6 Å². The molecule has 0 saturated carbocycles. The Morgan fingerprint density at radius 1 is 1.31 bits per heavy atom. The van der Waals surface area contributed by atoms with Crippen molar-refractivity contribution in [1.82, 2.24) is 10.2 Å². The van der Waals surface area contributed by atoms with Gasteiger partial charge in [0.2, 0.25) is 5.91 Å².